The molecule has 0 saturated carbocycles. The van der Waals surface area contributed by atoms with Gasteiger partial charge < -0.3 is 20.1 Å². The van der Waals surface area contributed by atoms with Crippen LogP contribution in [0.3, 0.4) is 0 Å². The van der Waals surface area contributed by atoms with Gasteiger partial charge >= 0.3 is 19.8 Å². The van der Waals surface area contributed by atoms with E-state index in [2.05, 4.69) is 13.8 Å². The van der Waals surface area contributed by atoms with Gasteiger partial charge in [-0.15, -0.1) is 0 Å². The highest BCUT2D eigenvalue weighted by Gasteiger charge is 2.26. The number of rotatable bonds is 44. The largest absolute Gasteiger partial charge is 0.472 e. The molecule has 0 aromatic carbocycles. The number of esters is 2. The van der Waals surface area contributed by atoms with Crippen LogP contribution < -0.4 is 5.73 Å². The van der Waals surface area contributed by atoms with Gasteiger partial charge in [0.2, 0.25) is 0 Å². The van der Waals surface area contributed by atoms with Crippen molar-refractivity contribution in [3.8, 4) is 0 Å². The molecule has 0 aliphatic carbocycles. The fraction of sp³-hybridized carbons (Fsp3) is 0.955. The lowest BCUT2D eigenvalue weighted by Gasteiger charge is -2.19. The Labute approximate surface area is 333 Å². The average Bonchev–Trinajstić information content (AvgIpc) is 3.16. The highest BCUT2D eigenvalue weighted by molar-refractivity contribution is 7.47. The van der Waals surface area contributed by atoms with Crippen LogP contribution in [0.5, 0.6) is 0 Å². The van der Waals surface area contributed by atoms with Gasteiger partial charge in [0.1, 0.15) is 6.61 Å². The van der Waals surface area contributed by atoms with E-state index >= 15 is 0 Å². The maximum absolute atomic E-state index is 12.5. The zero-order valence-electron chi connectivity index (χ0n) is 35.5. The minimum atomic E-state index is -4.36. The minimum absolute atomic E-state index is 0.0579. The lowest BCUT2D eigenvalue weighted by molar-refractivity contribution is -0.161. The number of phosphoric ester groups is 1. The summed E-state index contributed by atoms with van der Waals surface area (Å²) < 4.78 is 32.7. The van der Waals surface area contributed by atoms with Crippen molar-refractivity contribution in [1.82, 2.24) is 0 Å². The Hall–Kier alpha value is -0.990. The predicted molar refractivity (Wildman–Crippen MR) is 225 cm³/mol. The third-order valence-corrected chi connectivity index (χ3v) is 11.2. The van der Waals surface area contributed by atoms with Crippen molar-refractivity contribution < 1.29 is 37.6 Å². The molecular weight excluding hydrogens is 701 g/mol. The Morgan fingerprint density at radius 1 is 0.481 bits per heavy atom. The second kappa shape index (κ2) is 41.6. The van der Waals surface area contributed by atoms with E-state index in [1.54, 1.807) is 0 Å². The monoisotopic (exact) mass is 790 g/mol. The molecular formula is C44H88NO8P. The van der Waals surface area contributed by atoms with Gasteiger partial charge in [-0.05, 0) is 12.8 Å². The molecule has 0 heterocycles. The van der Waals surface area contributed by atoms with Crippen LogP contribution in [0.15, 0.2) is 0 Å². The summed E-state index contributed by atoms with van der Waals surface area (Å²) in [5, 5.41) is 0. The molecule has 0 bridgehead atoms. The molecule has 0 aromatic heterocycles. The van der Waals surface area contributed by atoms with Gasteiger partial charge in [0, 0.05) is 19.4 Å². The van der Waals surface area contributed by atoms with Crippen molar-refractivity contribution in [3.63, 3.8) is 0 Å². The smallest absolute Gasteiger partial charge is 0.462 e. The standard InChI is InChI=1S/C44H88NO8P/c1-3-5-7-9-11-13-15-16-17-18-19-20-21-22-23-24-25-26-27-29-30-32-34-36-43(46)50-40-42(41-52-54(48,49)51-39-38-45)53-44(47)37-35-33-31-28-14-12-10-8-6-4-2/h42H,3-41,45H2,1-2H3,(H,48,49)/t42-/m0/s1. The summed E-state index contributed by atoms with van der Waals surface area (Å²) in [5.41, 5.74) is 5.34. The molecule has 322 valence electrons. The highest BCUT2D eigenvalue weighted by Crippen LogP contribution is 2.43. The van der Waals surface area contributed by atoms with Crippen LogP contribution in [0, 0.1) is 0 Å². The molecule has 0 aliphatic rings. The molecule has 0 radical (unpaired) electrons. The lowest BCUT2D eigenvalue weighted by Crippen LogP contribution is -2.29. The Kier molecular flexibility index (Phi) is 40.9. The number of ether oxygens (including phenoxy) is 2. The first-order chi connectivity index (χ1) is 26.3. The summed E-state index contributed by atoms with van der Waals surface area (Å²) in [6.45, 7) is 3.76. The molecule has 3 N–H and O–H groups in total. The van der Waals surface area contributed by atoms with Crippen molar-refractivity contribution in [2.75, 3.05) is 26.4 Å². The van der Waals surface area contributed by atoms with Crippen molar-refractivity contribution in [2.45, 2.75) is 245 Å². The Morgan fingerprint density at radius 2 is 0.796 bits per heavy atom. The minimum Gasteiger partial charge on any atom is -0.462 e. The van der Waals surface area contributed by atoms with E-state index in [9.17, 15) is 19.0 Å². The molecule has 54 heavy (non-hydrogen) atoms. The van der Waals surface area contributed by atoms with E-state index in [4.69, 9.17) is 24.3 Å². The first-order valence-electron chi connectivity index (χ1n) is 23.0. The Bertz CT molecular complexity index is 860. The third kappa shape index (κ3) is 40.7. The van der Waals surface area contributed by atoms with Crippen molar-refractivity contribution >= 4 is 19.8 Å². The van der Waals surface area contributed by atoms with Gasteiger partial charge in [0.15, 0.2) is 6.10 Å². The normalized spacial score (nSPS) is 13.2. The lowest BCUT2D eigenvalue weighted by atomic mass is 10.0. The first kappa shape index (κ1) is 53.0. The summed E-state index contributed by atoms with van der Waals surface area (Å²) in [4.78, 5) is 34.8. The molecule has 0 saturated heterocycles. The van der Waals surface area contributed by atoms with E-state index in [0.29, 0.717) is 6.42 Å². The van der Waals surface area contributed by atoms with Gasteiger partial charge in [0.25, 0.3) is 0 Å². The van der Waals surface area contributed by atoms with Crippen LogP contribution in [0.1, 0.15) is 239 Å². The number of phosphoric acid groups is 1. The van der Waals surface area contributed by atoms with Crippen molar-refractivity contribution in [2.24, 2.45) is 5.73 Å². The molecule has 0 fully saturated rings. The molecule has 0 spiro atoms. The fourth-order valence-electron chi connectivity index (χ4n) is 6.81. The maximum Gasteiger partial charge on any atom is 0.472 e. The maximum atomic E-state index is 12.5. The van der Waals surface area contributed by atoms with Crippen LogP contribution in [0.25, 0.3) is 0 Å². The second-order valence-corrected chi connectivity index (χ2v) is 17.1. The van der Waals surface area contributed by atoms with Gasteiger partial charge in [-0.25, -0.2) is 4.57 Å². The highest BCUT2D eigenvalue weighted by atomic mass is 31.2. The van der Waals surface area contributed by atoms with Crippen molar-refractivity contribution in [3.05, 3.63) is 0 Å². The van der Waals surface area contributed by atoms with E-state index in [-0.39, 0.29) is 38.6 Å². The van der Waals surface area contributed by atoms with E-state index in [1.165, 1.54) is 173 Å². The second-order valence-electron chi connectivity index (χ2n) is 15.6. The zero-order valence-corrected chi connectivity index (χ0v) is 36.4. The summed E-state index contributed by atoms with van der Waals surface area (Å²) >= 11 is 0. The molecule has 0 aliphatic heterocycles. The molecule has 0 rings (SSSR count). The van der Waals surface area contributed by atoms with Crippen LogP contribution in [-0.4, -0.2) is 49.3 Å². The van der Waals surface area contributed by atoms with Gasteiger partial charge in [-0.2, -0.15) is 0 Å². The summed E-state index contributed by atoms with van der Waals surface area (Å²) in [7, 11) is -4.36. The predicted octanol–water partition coefficient (Wildman–Crippen LogP) is 13.2. The summed E-state index contributed by atoms with van der Waals surface area (Å²) in [6.07, 6.45) is 41.5. The Morgan fingerprint density at radius 3 is 1.13 bits per heavy atom. The average molecular weight is 790 g/mol. The van der Waals surface area contributed by atoms with Gasteiger partial charge in [0.05, 0.1) is 13.2 Å². The molecule has 2 atom stereocenters. The summed E-state index contributed by atoms with van der Waals surface area (Å²) in [6, 6.07) is 0. The van der Waals surface area contributed by atoms with Crippen LogP contribution in [0.2, 0.25) is 0 Å². The third-order valence-electron chi connectivity index (χ3n) is 10.2. The number of hydrogen-bond donors (Lipinski definition) is 2. The van der Waals surface area contributed by atoms with E-state index < -0.39 is 26.5 Å². The first-order valence-corrected chi connectivity index (χ1v) is 24.5. The number of hydrogen-bond acceptors (Lipinski definition) is 8. The SMILES string of the molecule is CCCCCCCCCCCCCCCCCCCCCCCCCC(=O)OC[C@@H](COP(=O)(O)OCCN)OC(=O)CCCCCCCCCCCC. The van der Waals surface area contributed by atoms with Crippen LogP contribution in [0.4, 0.5) is 0 Å². The quantitative estimate of drug-likeness (QED) is 0.0351. The number of nitrogens with two attached hydrogens (primary N) is 1. The topological polar surface area (TPSA) is 134 Å². The van der Waals surface area contributed by atoms with Gasteiger partial charge in [-0.1, -0.05) is 213 Å². The van der Waals surface area contributed by atoms with Gasteiger partial charge in [-0.3, -0.25) is 18.6 Å². The van der Waals surface area contributed by atoms with Crippen LogP contribution in [-0.2, 0) is 32.7 Å². The molecule has 0 aromatic rings. The molecule has 1 unspecified atom stereocenters. The van der Waals surface area contributed by atoms with E-state index in [1.807, 2.05) is 0 Å². The summed E-state index contributed by atoms with van der Waals surface area (Å²) in [5.74, 6) is -0.814. The fourth-order valence-corrected chi connectivity index (χ4v) is 7.58. The molecule has 10 heteroatoms. The Balaban J connectivity index is 3.93. The van der Waals surface area contributed by atoms with Crippen molar-refractivity contribution in [1.29, 1.82) is 0 Å². The van der Waals surface area contributed by atoms with E-state index in [0.717, 1.165) is 32.1 Å². The zero-order chi connectivity index (χ0) is 39.6. The number of unbranched alkanes of at least 4 members (excludes halogenated alkanes) is 31. The number of carbonyl (C=O) groups excluding carboxylic acids is 2. The molecule has 9 nitrogen and oxygen atoms in total. The number of carbonyl (C=O) groups is 2. The van der Waals surface area contributed by atoms with Crippen LogP contribution >= 0.6 is 7.82 Å². The molecule has 0 amide bonds.